The molecule has 0 heterocycles. The largest absolute Gasteiger partial charge is 0.354 e. The number of nitrogens with one attached hydrogen (secondary N) is 1. The molecule has 2 nitrogen and oxygen atoms in total. The number of aryl methyl sites for hydroxylation is 1. The molecule has 0 unspecified atom stereocenters. The van der Waals surface area contributed by atoms with Crippen molar-refractivity contribution in [3.63, 3.8) is 0 Å². The van der Waals surface area contributed by atoms with E-state index in [1.165, 1.54) is 5.56 Å². The van der Waals surface area contributed by atoms with Crippen molar-refractivity contribution in [1.82, 2.24) is 5.32 Å². The van der Waals surface area contributed by atoms with Crippen molar-refractivity contribution in [3.05, 3.63) is 35.9 Å². The molecule has 88 valence electrons. The van der Waals surface area contributed by atoms with Crippen molar-refractivity contribution in [2.75, 3.05) is 0 Å². The van der Waals surface area contributed by atoms with Crippen LogP contribution in [0.3, 0.4) is 0 Å². The van der Waals surface area contributed by atoms with E-state index in [-0.39, 0.29) is 5.91 Å². The van der Waals surface area contributed by atoms with Crippen molar-refractivity contribution < 1.29 is 4.79 Å². The van der Waals surface area contributed by atoms with Gasteiger partial charge in [-0.25, -0.2) is 0 Å². The Labute approximate surface area is 98.1 Å². The average molecular weight is 219 g/mol. The van der Waals surface area contributed by atoms with Gasteiger partial charge in [0.25, 0.3) is 0 Å². The third-order valence-corrected chi connectivity index (χ3v) is 2.73. The Morgan fingerprint density at radius 2 is 2.00 bits per heavy atom. The van der Waals surface area contributed by atoms with E-state index in [0.717, 1.165) is 19.3 Å². The number of amides is 1. The summed E-state index contributed by atoms with van der Waals surface area (Å²) in [7, 11) is 0. The zero-order valence-corrected chi connectivity index (χ0v) is 10.2. The smallest absolute Gasteiger partial charge is 0.220 e. The van der Waals surface area contributed by atoms with Gasteiger partial charge in [0.15, 0.2) is 0 Å². The fraction of sp³-hybridized carbons (Fsp3) is 0.500. The monoisotopic (exact) mass is 219 g/mol. The lowest BCUT2D eigenvalue weighted by atomic mass is 10.1. The summed E-state index contributed by atoms with van der Waals surface area (Å²) in [5.74, 6) is 0.172. The molecule has 1 aromatic rings. The number of carbonyl (C=O) groups excluding carboxylic acids is 1. The van der Waals surface area contributed by atoms with Gasteiger partial charge in [-0.3, -0.25) is 4.79 Å². The van der Waals surface area contributed by atoms with Gasteiger partial charge in [0.2, 0.25) is 5.91 Å². The molecule has 0 aliphatic heterocycles. The molecule has 1 amide bonds. The van der Waals surface area contributed by atoms with Gasteiger partial charge in [0, 0.05) is 12.5 Å². The fourth-order valence-corrected chi connectivity index (χ4v) is 1.55. The van der Waals surface area contributed by atoms with E-state index in [4.69, 9.17) is 0 Å². The molecule has 0 aliphatic carbocycles. The zero-order chi connectivity index (χ0) is 11.8. The van der Waals surface area contributed by atoms with E-state index in [0.29, 0.717) is 12.5 Å². The molecule has 1 rings (SSSR count). The minimum absolute atomic E-state index is 0.172. The van der Waals surface area contributed by atoms with Crippen LogP contribution in [-0.4, -0.2) is 11.9 Å². The lowest BCUT2D eigenvalue weighted by molar-refractivity contribution is -0.121. The number of carbonyl (C=O) groups is 1. The van der Waals surface area contributed by atoms with E-state index < -0.39 is 0 Å². The van der Waals surface area contributed by atoms with Gasteiger partial charge in [-0.1, -0.05) is 37.3 Å². The molecule has 0 fully saturated rings. The molecule has 0 radical (unpaired) electrons. The van der Waals surface area contributed by atoms with E-state index in [1.807, 2.05) is 25.1 Å². The highest BCUT2D eigenvalue weighted by Crippen LogP contribution is 2.04. The van der Waals surface area contributed by atoms with Crippen LogP contribution in [0.2, 0.25) is 0 Å². The third-order valence-electron chi connectivity index (χ3n) is 2.73. The van der Waals surface area contributed by atoms with Crippen LogP contribution >= 0.6 is 0 Å². The Kier molecular flexibility index (Phi) is 5.62. The van der Waals surface area contributed by atoms with Crippen LogP contribution in [0.5, 0.6) is 0 Å². The van der Waals surface area contributed by atoms with Crippen LogP contribution in [0.4, 0.5) is 0 Å². The zero-order valence-electron chi connectivity index (χ0n) is 10.2. The Morgan fingerprint density at radius 1 is 1.31 bits per heavy atom. The summed E-state index contributed by atoms with van der Waals surface area (Å²) in [4.78, 5) is 11.5. The minimum Gasteiger partial charge on any atom is -0.354 e. The number of hydrogen-bond acceptors (Lipinski definition) is 1. The first-order valence-corrected chi connectivity index (χ1v) is 6.05. The van der Waals surface area contributed by atoms with E-state index >= 15 is 0 Å². The van der Waals surface area contributed by atoms with Gasteiger partial charge in [0.05, 0.1) is 0 Å². The molecule has 1 N–H and O–H groups in total. The second kappa shape index (κ2) is 7.04. The van der Waals surface area contributed by atoms with E-state index in [9.17, 15) is 4.79 Å². The first-order chi connectivity index (χ1) is 7.72. The number of benzene rings is 1. The standard InChI is InChI=1S/C14H21NO/c1-3-12(2)15-14(16)11-7-10-13-8-5-4-6-9-13/h4-6,8-9,12H,3,7,10-11H2,1-2H3,(H,15,16)/t12-/m0/s1. The minimum atomic E-state index is 0.172. The number of rotatable bonds is 6. The van der Waals surface area contributed by atoms with Crippen molar-refractivity contribution in [1.29, 1.82) is 0 Å². The van der Waals surface area contributed by atoms with Crippen molar-refractivity contribution in [2.24, 2.45) is 0 Å². The maximum Gasteiger partial charge on any atom is 0.220 e. The summed E-state index contributed by atoms with van der Waals surface area (Å²) >= 11 is 0. The molecular weight excluding hydrogens is 198 g/mol. The normalized spacial score (nSPS) is 12.1. The summed E-state index contributed by atoms with van der Waals surface area (Å²) in [6.45, 7) is 4.12. The highest BCUT2D eigenvalue weighted by molar-refractivity contribution is 5.76. The molecule has 16 heavy (non-hydrogen) atoms. The summed E-state index contributed by atoms with van der Waals surface area (Å²) < 4.78 is 0. The predicted octanol–water partition coefficient (Wildman–Crippen LogP) is 2.92. The molecule has 0 aliphatic rings. The van der Waals surface area contributed by atoms with Crippen molar-refractivity contribution in [3.8, 4) is 0 Å². The van der Waals surface area contributed by atoms with Gasteiger partial charge in [-0.2, -0.15) is 0 Å². The first kappa shape index (κ1) is 12.8. The van der Waals surface area contributed by atoms with Crippen LogP contribution in [0.15, 0.2) is 30.3 Å². The summed E-state index contributed by atoms with van der Waals surface area (Å²) in [6.07, 6.45) is 3.52. The lowest BCUT2D eigenvalue weighted by Crippen LogP contribution is -2.31. The molecule has 0 saturated heterocycles. The van der Waals surface area contributed by atoms with Crippen LogP contribution < -0.4 is 5.32 Å². The van der Waals surface area contributed by atoms with Gasteiger partial charge >= 0.3 is 0 Å². The van der Waals surface area contributed by atoms with Crippen molar-refractivity contribution >= 4 is 5.91 Å². The second-order valence-electron chi connectivity index (χ2n) is 4.22. The molecule has 1 aromatic carbocycles. The van der Waals surface area contributed by atoms with Crippen molar-refractivity contribution in [2.45, 2.75) is 45.6 Å². The summed E-state index contributed by atoms with van der Waals surface area (Å²) in [6, 6.07) is 10.6. The Hall–Kier alpha value is -1.31. The summed E-state index contributed by atoms with van der Waals surface area (Å²) in [5.41, 5.74) is 1.30. The summed E-state index contributed by atoms with van der Waals surface area (Å²) in [5, 5.41) is 2.98. The SMILES string of the molecule is CC[C@H](C)NC(=O)CCCc1ccccc1. The molecular formula is C14H21NO. The predicted molar refractivity (Wildman–Crippen MR) is 67.3 cm³/mol. The Bertz CT molecular complexity index is 308. The van der Waals surface area contributed by atoms with Gasteiger partial charge in [-0.15, -0.1) is 0 Å². The molecule has 0 spiro atoms. The quantitative estimate of drug-likeness (QED) is 0.783. The molecule has 0 saturated carbocycles. The van der Waals surface area contributed by atoms with Crippen LogP contribution in [-0.2, 0) is 11.2 Å². The van der Waals surface area contributed by atoms with Gasteiger partial charge in [-0.05, 0) is 31.7 Å². The average Bonchev–Trinajstić information content (AvgIpc) is 2.30. The topological polar surface area (TPSA) is 29.1 Å². The van der Waals surface area contributed by atoms with E-state index in [1.54, 1.807) is 0 Å². The molecule has 2 heteroatoms. The highest BCUT2D eigenvalue weighted by atomic mass is 16.1. The maximum absolute atomic E-state index is 11.5. The second-order valence-corrected chi connectivity index (χ2v) is 4.22. The number of hydrogen-bond donors (Lipinski definition) is 1. The third kappa shape index (κ3) is 4.96. The van der Waals surface area contributed by atoms with Crippen LogP contribution in [0, 0.1) is 0 Å². The van der Waals surface area contributed by atoms with E-state index in [2.05, 4.69) is 24.4 Å². The lowest BCUT2D eigenvalue weighted by Gasteiger charge is -2.10. The molecule has 0 bridgehead atoms. The van der Waals surface area contributed by atoms with Crippen LogP contribution in [0.25, 0.3) is 0 Å². The Balaban J connectivity index is 2.18. The first-order valence-electron chi connectivity index (χ1n) is 6.05. The Morgan fingerprint density at radius 3 is 2.62 bits per heavy atom. The highest BCUT2D eigenvalue weighted by Gasteiger charge is 2.04. The molecule has 0 aromatic heterocycles. The molecule has 1 atom stereocenters. The fourth-order valence-electron chi connectivity index (χ4n) is 1.55. The van der Waals surface area contributed by atoms with Gasteiger partial charge < -0.3 is 5.32 Å². The van der Waals surface area contributed by atoms with Crippen LogP contribution in [0.1, 0.15) is 38.7 Å². The maximum atomic E-state index is 11.5. The van der Waals surface area contributed by atoms with Gasteiger partial charge in [0.1, 0.15) is 0 Å².